The van der Waals surface area contributed by atoms with Crippen LogP contribution in [0, 0.1) is 5.92 Å². The maximum absolute atomic E-state index is 13.8. The molecule has 1 aromatic carbocycles. The molecule has 198 valence electrons. The number of aromatic nitrogens is 2. The van der Waals surface area contributed by atoms with Crippen molar-refractivity contribution in [3.05, 3.63) is 54.0 Å². The molecule has 37 heavy (non-hydrogen) atoms. The molecule has 8 nitrogen and oxygen atoms in total. The molecule has 2 heterocycles. The predicted molar refractivity (Wildman–Crippen MR) is 132 cm³/mol. The number of amides is 1. The van der Waals surface area contributed by atoms with Crippen LogP contribution in [0.2, 0.25) is 0 Å². The van der Waals surface area contributed by atoms with E-state index in [2.05, 4.69) is 15.3 Å². The third-order valence-electron chi connectivity index (χ3n) is 6.80. The first-order valence-electron chi connectivity index (χ1n) is 12.3. The van der Waals surface area contributed by atoms with Crippen molar-refractivity contribution in [2.24, 2.45) is 5.92 Å². The number of carbonyl (C=O) groups excluding carboxylic acids is 1. The zero-order chi connectivity index (χ0) is 26.4. The third-order valence-corrected chi connectivity index (χ3v) is 9.08. The van der Waals surface area contributed by atoms with Crippen LogP contribution in [0.25, 0.3) is 5.57 Å². The Morgan fingerprint density at radius 1 is 1.08 bits per heavy atom. The Hall–Kier alpha value is -2.76. The first-order valence-corrected chi connectivity index (χ1v) is 13.9. The number of anilines is 1. The number of hydrogen-bond donors (Lipinski definition) is 1. The van der Waals surface area contributed by atoms with Crippen molar-refractivity contribution in [3.8, 4) is 0 Å². The highest BCUT2D eigenvalue weighted by molar-refractivity contribution is 7.92. The fourth-order valence-electron chi connectivity index (χ4n) is 4.63. The average molecular weight is 534 g/mol. The highest BCUT2D eigenvalue weighted by Gasteiger charge is 2.37. The topological polar surface area (TPSA) is 107 Å². The molecule has 3 aliphatic rings. The number of ether oxygens (including phenoxy) is 2. The van der Waals surface area contributed by atoms with E-state index in [-0.39, 0.29) is 40.5 Å². The monoisotopic (exact) mass is 533 g/mol. The minimum Gasteiger partial charge on any atom is -0.347 e. The van der Waals surface area contributed by atoms with Gasteiger partial charge in [-0.2, -0.15) is 0 Å². The Morgan fingerprint density at radius 2 is 1.76 bits per heavy atom. The van der Waals surface area contributed by atoms with Gasteiger partial charge in [0.15, 0.2) is 21.4 Å². The maximum Gasteiger partial charge on any atom is 0.257 e. The van der Waals surface area contributed by atoms with E-state index in [4.69, 9.17) is 9.47 Å². The van der Waals surface area contributed by atoms with Gasteiger partial charge in [-0.15, -0.1) is 0 Å². The Bertz CT molecular complexity index is 1280. The first-order chi connectivity index (χ1) is 17.5. The third kappa shape index (κ3) is 5.73. The van der Waals surface area contributed by atoms with E-state index in [1.54, 1.807) is 32.1 Å². The van der Waals surface area contributed by atoms with E-state index in [1.165, 1.54) is 24.5 Å². The van der Waals surface area contributed by atoms with E-state index in [0.717, 1.165) is 0 Å². The van der Waals surface area contributed by atoms with Gasteiger partial charge in [-0.1, -0.05) is 18.2 Å². The summed E-state index contributed by atoms with van der Waals surface area (Å²) in [7, 11) is -3.39. The van der Waals surface area contributed by atoms with Crippen LogP contribution in [-0.4, -0.2) is 54.3 Å². The van der Waals surface area contributed by atoms with Crippen molar-refractivity contribution in [2.75, 3.05) is 11.9 Å². The summed E-state index contributed by atoms with van der Waals surface area (Å²) < 4.78 is 64.1. The summed E-state index contributed by atoms with van der Waals surface area (Å²) in [6.45, 7) is 3.94. The summed E-state index contributed by atoms with van der Waals surface area (Å²) in [5.74, 6) is -1.55. The molecule has 2 unspecified atom stereocenters. The molecule has 5 rings (SSSR count). The van der Waals surface area contributed by atoms with Crippen molar-refractivity contribution >= 4 is 27.1 Å². The van der Waals surface area contributed by atoms with E-state index in [9.17, 15) is 22.0 Å². The summed E-state index contributed by atoms with van der Waals surface area (Å²) >= 11 is 0. The lowest BCUT2D eigenvalue weighted by molar-refractivity contribution is -0.139. The fourth-order valence-corrected chi connectivity index (χ4v) is 6.28. The van der Waals surface area contributed by atoms with Gasteiger partial charge in [-0.05, 0) is 63.1 Å². The normalized spacial score (nSPS) is 27.8. The van der Waals surface area contributed by atoms with Gasteiger partial charge in [-0.25, -0.2) is 22.2 Å². The van der Waals surface area contributed by atoms with Crippen molar-refractivity contribution in [1.29, 1.82) is 0 Å². The van der Waals surface area contributed by atoms with Crippen LogP contribution in [-0.2, 0) is 24.1 Å². The van der Waals surface area contributed by atoms with Gasteiger partial charge >= 0.3 is 0 Å². The molecule has 2 aromatic rings. The summed E-state index contributed by atoms with van der Waals surface area (Å²) in [4.78, 5) is 22.1. The van der Waals surface area contributed by atoms with Crippen molar-refractivity contribution in [1.82, 2.24) is 9.97 Å². The fraction of sp³-hybridized carbons (Fsp3) is 0.500. The molecule has 11 heteroatoms. The number of carbonyl (C=O) groups is 1. The molecule has 3 fully saturated rings. The lowest BCUT2D eigenvalue weighted by Gasteiger charge is -2.16. The van der Waals surface area contributed by atoms with Gasteiger partial charge in [0.1, 0.15) is 18.4 Å². The number of alkyl halides is 2. The SMILES string of the molecule is CC1(C)OC[C@H](c2cnc(NC(=O)/C(=C/C3CC(F)C(F)C3)c3ccc(S(=O)(=O)C4CC4)cc3)cn2)O1. The Morgan fingerprint density at radius 3 is 2.30 bits per heavy atom. The van der Waals surface area contributed by atoms with Gasteiger partial charge in [0.05, 0.1) is 34.8 Å². The van der Waals surface area contributed by atoms with Gasteiger partial charge in [0.2, 0.25) is 0 Å². The number of hydrogen-bond acceptors (Lipinski definition) is 7. The van der Waals surface area contributed by atoms with Crippen LogP contribution < -0.4 is 5.32 Å². The number of rotatable bonds is 7. The van der Waals surface area contributed by atoms with Gasteiger partial charge in [-0.3, -0.25) is 9.78 Å². The molecule has 3 atom stereocenters. The molecular weight excluding hydrogens is 504 g/mol. The first kappa shape index (κ1) is 25.9. The van der Waals surface area contributed by atoms with Crippen LogP contribution in [0.5, 0.6) is 0 Å². The minimum atomic E-state index is -3.39. The van der Waals surface area contributed by atoms with Gasteiger partial charge < -0.3 is 14.8 Å². The second kappa shape index (κ2) is 9.85. The van der Waals surface area contributed by atoms with Crippen molar-refractivity contribution in [3.63, 3.8) is 0 Å². The molecule has 2 aliphatic carbocycles. The van der Waals surface area contributed by atoms with Crippen LogP contribution in [0.15, 0.2) is 47.6 Å². The molecule has 0 radical (unpaired) electrons. The molecule has 1 aromatic heterocycles. The Labute approximate surface area is 214 Å². The van der Waals surface area contributed by atoms with Gasteiger partial charge in [0.25, 0.3) is 5.91 Å². The largest absolute Gasteiger partial charge is 0.347 e. The number of nitrogens with zero attached hydrogens (tertiary/aromatic N) is 2. The molecular formula is C26H29F2N3O5S. The smallest absolute Gasteiger partial charge is 0.257 e. The lowest BCUT2D eigenvalue weighted by Crippen LogP contribution is -2.20. The second-order valence-corrected chi connectivity index (χ2v) is 12.4. The number of allylic oxidation sites excluding steroid dienone is 1. The zero-order valence-corrected chi connectivity index (χ0v) is 21.4. The summed E-state index contributed by atoms with van der Waals surface area (Å²) in [5.41, 5.74) is 1.18. The second-order valence-electron chi connectivity index (χ2n) is 10.2. The summed E-state index contributed by atoms with van der Waals surface area (Å²) in [6.07, 6.45) is 2.14. The summed E-state index contributed by atoms with van der Waals surface area (Å²) in [5, 5.41) is 2.33. The standard InChI is InChI=1S/C26H29F2N3O5S/c1-26(2)35-14-23(36-26)22-12-30-24(13-29-22)31-25(32)19(9-15-10-20(27)21(28)11-15)16-3-5-17(6-4-16)37(33,34)18-7-8-18/h3-6,9,12-13,15,18,20-21,23H,7-8,10-11,14H2,1-2H3,(H,30,31,32)/b19-9+/t15?,20?,21?,23-/m1/s1. The average Bonchev–Trinajstić information content (AvgIpc) is 3.60. The Kier molecular flexibility index (Phi) is 6.88. The molecule has 1 aliphatic heterocycles. The van der Waals surface area contributed by atoms with Crippen LogP contribution >= 0.6 is 0 Å². The predicted octanol–water partition coefficient (Wildman–Crippen LogP) is 4.35. The maximum atomic E-state index is 13.8. The van der Waals surface area contributed by atoms with Crippen LogP contribution in [0.4, 0.5) is 14.6 Å². The number of benzene rings is 1. The van der Waals surface area contributed by atoms with Gasteiger partial charge in [0, 0.05) is 5.57 Å². The molecule has 1 amide bonds. The minimum absolute atomic E-state index is 0.0274. The summed E-state index contributed by atoms with van der Waals surface area (Å²) in [6, 6.07) is 6.02. The van der Waals surface area contributed by atoms with E-state index >= 15 is 0 Å². The van der Waals surface area contributed by atoms with Crippen molar-refractivity contribution < 1.29 is 31.5 Å². The lowest BCUT2D eigenvalue weighted by atomic mass is 9.98. The van der Waals surface area contributed by atoms with Crippen molar-refractivity contribution in [2.45, 2.75) is 73.9 Å². The highest BCUT2D eigenvalue weighted by atomic mass is 32.2. The van der Waals surface area contributed by atoms with Crippen LogP contribution in [0.3, 0.4) is 0 Å². The molecule has 1 saturated heterocycles. The molecule has 0 bridgehead atoms. The van der Waals surface area contributed by atoms with E-state index in [1.807, 2.05) is 0 Å². The number of halogens is 2. The number of sulfone groups is 1. The Balaban J connectivity index is 1.36. The van der Waals surface area contributed by atoms with E-state index < -0.39 is 39.8 Å². The highest BCUT2D eigenvalue weighted by Crippen LogP contribution is 2.36. The molecule has 0 spiro atoms. The quantitative estimate of drug-likeness (QED) is 0.528. The van der Waals surface area contributed by atoms with E-state index in [0.29, 0.717) is 30.7 Å². The number of nitrogens with one attached hydrogen (secondary N) is 1. The zero-order valence-electron chi connectivity index (χ0n) is 20.6. The molecule has 2 saturated carbocycles. The molecule has 1 N–H and O–H groups in total. The van der Waals surface area contributed by atoms with Crippen LogP contribution in [0.1, 0.15) is 56.9 Å².